The van der Waals surface area contributed by atoms with E-state index in [0.29, 0.717) is 33.8 Å². The second-order valence-corrected chi connectivity index (χ2v) is 5.87. The van der Waals surface area contributed by atoms with Crippen molar-refractivity contribution in [3.05, 3.63) is 63.1 Å². The third-order valence-electron chi connectivity index (χ3n) is 2.88. The van der Waals surface area contributed by atoms with Crippen LogP contribution in [0.3, 0.4) is 0 Å². The summed E-state index contributed by atoms with van der Waals surface area (Å²) < 4.78 is 5.35. The first-order valence-electron chi connectivity index (χ1n) is 6.63. The van der Waals surface area contributed by atoms with E-state index in [4.69, 9.17) is 39.5 Å². The maximum atomic E-state index is 11.7. The number of hydrogen-bond acceptors (Lipinski definition) is 2. The van der Waals surface area contributed by atoms with Crippen molar-refractivity contribution in [1.82, 2.24) is 5.32 Å². The number of amides is 1. The summed E-state index contributed by atoms with van der Waals surface area (Å²) >= 11 is 17.6. The van der Waals surface area contributed by atoms with Gasteiger partial charge in [-0.05, 0) is 42.3 Å². The summed E-state index contributed by atoms with van der Waals surface area (Å²) in [5, 5.41) is 4.35. The van der Waals surface area contributed by atoms with Gasteiger partial charge in [-0.15, -0.1) is 0 Å². The average Bonchev–Trinajstić information content (AvgIpc) is 2.46. The van der Waals surface area contributed by atoms with Crippen LogP contribution in [0.5, 0.6) is 5.75 Å². The van der Waals surface area contributed by atoms with Gasteiger partial charge in [0.1, 0.15) is 5.75 Å². The fraction of sp³-hybridized carbons (Fsp3) is 0.188. The van der Waals surface area contributed by atoms with Gasteiger partial charge in [-0.1, -0.05) is 46.9 Å². The number of carbonyl (C=O) groups excluding carboxylic acids is 1. The molecule has 1 amide bonds. The van der Waals surface area contributed by atoms with Gasteiger partial charge in [0.05, 0.1) is 5.02 Å². The summed E-state index contributed by atoms with van der Waals surface area (Å²) in [7, 11) is 0. The summed E-state index contributed by atoms with van der Waals surface area (Å²) in [5.41, 5.74) is 1.06. The zero-order valence-corrected chi connectivity index (χ0v) is 13.9. The Morgan fingerprint density at radius 1 is 1.05 bits per heavy atom. The molecular formula is C16H14Cl3NO2. The molecule has 0 fully saturated rings. The van der Waals surface area contributed by atoms with Crippen LogP contribution in [0, 0.1) is 0 Å². The number of hydrogen-bond donors (Lipinski definition) is 1. The molecule has 0 unspecified atom stereocenters. The van der Waals surface area contributed by atoms with Crippen molar-refractivity contribution in [2.75, 3.05) is 13.2 Å². The quantitative estimate of drug-likeness (QED) is 0.832. The SMILES string of the molecule is O=C(COc1ccc(Cl)cc1Cl)NCCc1cccc(Cl)c1. The second-order valence-electron chi connectivity index (χ2n) is 4.59. The van der Waals surface area contributed by atoms with Crippen LogP contribution in [0.2, 0.25) is 15.1 Å². The van der Waals surface area contributed by atoms with Gasteiger partial charge in [0, 0.05) is 16.6 Å². The highest BCUT2D eigenvalue weighted by Gasteiger charge is 2.06. The van der Waals surface area contributed by atoms with Crippen molar-refractivity contribution in [3.63, 3.8) is 0 Å². The average molecular weight is 359 g/mol. The Hall–Kier alpha value is -1.42. The van der Waals surface area contributed by atoms with Crippen LogP contribution < -0.4 is 10.1 Å². The molecule has 0 aromatic heterocycles. The van der Waals surface area contributed by atoms with Crippen LogP contribution in [0.1, 0.15) is 5.56 Å². The maximum Gasteiger partial charge on any atom is 0.257 e. The Kier molecular flexibility index (Phi) is 6.37. The summed E-state index contributed by atoms with van der Waals surface area (Å²) in [6, 6.07) is 12.4. The summed E-state index contributed by atoms with van der Waals surface area (Å²) in [5.74, 6) is 0.212. The molecule has 6 heteroatoms. The molecule has 0 radical (unpaired) electrons. The molecule has 0 bridgehead atoms. The third-order valence-corrected chi connectivity index (χ3v) is 3.64. The Labute approximate surface area is 144 Å². The standard InChI is InChI=1S/C16H14Cl3NO2/c17-12-3-1-2-11(8-12)6-7-20-16(21)10-22-15-5-4-13(18)9-14(15)19/h1-5,8-9H,6-7,10H2,(H,20,21). The van der Waals surface area contributed by atoms with Crippen molar-refractivity contribution in [1.29, 1.82) is 0 Å². The molecule has 2 aromatic carbocycles. The van der Waals surface area contributed by atoms with E-state index in [2.05, 4.69) is 5.32 Å². The summed E-state index contributed by atoms with van der Waals surface area (Å²) in [6.45, 7) is 0.410. The lowest BCUT2D eigenvalue weighted by molar-refractivity contribution is -0.123. The number of benzene rings is 2. The van der Waals surface area contributed by atoms with Gasteiger partial charge in [0.15, 0.2) is 6.61 Å². The van der Waals surface area contributed by atoms with E-state index in [1.54, 1.807) is 18.2 Å². The van der Waals surface area contributed by atoms with E-state index in [1.807, 2.05) is 24.3 Å². The van der Waals surface area contributed by atoms with Crippen molar-refractivity contribution in [3.8, 4) is 5.75 Å². The van der Waals surface area contributed by atoms with Crippen molar-refractivity contribution in [2.24, 2.45) is 0 Å². The monoisotopic (exact) mass is 357 g/mol. The van der Waals surface area contributed by atoms with E-state index in [0.717, 1.165) is 5.56 Å². The van der Waals surface area contributed by atoms with Crippen LogP contribution in [0.4, 0.5) is 0 Å². The molecule has 0 aliphatic rings. The Balaban J connectivity index is 1.74. The Morgan fingerprint density at radius 2 is 1.82 bits per heavy atom. The van der Waals surface area contributed by atoms with Crippen LogP contribution in [-0.4, -0.2) is 19.1 Å². The third kappa shape index (κ3) is 5.41. The summed E-state index contributed by atoms with van der Waals surface area (Å²) in [6.07, 6.45) is 0.702. The van der Waals surface area contributed by atoms with Crippen molar-refractivity contribution < 1.29 is 9.53 Å². The molecule has 116 valence electrons. The summed E-state index contributed by atoms with van der Waals surface area (Å²) in [4.78, 5) is 11.7. The van der Waals surface area contributed by atoms with Crippen LogP contribution in [0.15, 0.2) is 42.5 Å². The number of carbonyl (C=O) groups is 1. The molecule has 0 atom stereocenters. The molecule has 2 aromatic rings. The highest BCUT2D eigenvalue weighted by Crippen LogP contribution is 2.27. The minimum atomic E-state index is -0.215. The van der Waals surface area contributed by atoms with Gasteiger partial charge in [-0.25, -0.2) is 0 Å². The first-order chi connectivity index (χ1) is 10.5. The molecule has 22 heavy (non-hydrogen) atoms. The minimum Gasteiger partial charge on any atom is -0.482 e. The second kappa shape index (κ2) is 8.28. The topological polar surface area (TPSA) is 38.3 Å². The molecule has 0 spiro atoms. The molecule has 0 heterocycles. The van der Waals surface area contributed by atoms with Gasteiger partial charge in [0.25, 0.3) is 5.91 Å². The van der Waals surface area contributed by atoms with Gasteiger partial charge in [-0.3, -0.25) is 4.79 Å². The van der Waals surface area contributed by atoms with E-state index in [-0.39, 0.29) is 12.5 Å². The first kappa shape index (κ1) is 16.9. The lowest BCUT2D eigenvalue weighted by atomic mass is 10.1. The normalized spacial score (nSPS) is 10.3. The highest BCUT2D eigenvalue weighted by atomic mass is 35.5. The molecule has 1 N–H and O–H groups in total. The van der Waals surface area contributed by atoms with E-state index >= 15 is 0 Å². The number of rotatable bonds is 6. The van der Waals surface area contributed by atoms with Crippen molar-refractivity contribution >= 4 is 40.7 Å². The lowest BCUT2D eigenvalue weighted by Crippen LogP contribution is -2.30. The largest absolute Gasteiger partial charge is 0.482 e. The van der Waals surface area contributed by atoms with Gasteiger partial charge in [0.2, 0.25) is 0 Å². The number of ether oxygens (including phenoxy) is 1. The zero-order valence-electron chi connectivity index (χ0n) is 11.6. The van der Waals surface area contributed by atoms with Gasteiger partial charge in [-0.2, -0.15) is 0 Å². The molecule has 0 saturated heterocycles. The molecule has 3 nitrogen and oxygen atoms in total. The van der Waals surface area contributed by atoms with Gasteiger partial charge >= 0.3 is 0 Å². The maximum absolute atomic E-state index is 11.7. The molecule has 0 saturated carbocycles. The molecule has 2 rings (SSSR count). The number of halogens is 3. The minimum absolute atomic E-state index is 0.100. The van der Waals surface area contributed by atoms with Crippen LogP contribution in [0.25, 0.3) is 0 Å². The highest BCUT2D eigenvalue weighted by molar-refractivity contribution is 6.35. The van der Waals surface area contributed by atoms with Crippen molar-refractivity contribution in [2.45, 2.75) is 6.42 Å². The van der Waals surface area contributed by atoms with Gasteiger partial charge < -0.3 is 10.1 Å². The lowest BCUT2D eigenvalue weighted by Gasteiger charge is -2.09. The number of nitrogens with one attached hydrogen (secondary N) is 1. The van der Waals surface area contributed by atoms with Crippen LogP contribution >= 0.6 is 34.8 Å². The van der Waals surface area contributed by atoms with E-state index in [9.17, 15) is 4.79 Å². The van der Waals surface area contributed by atoms with E-state index < -0.39 is 0 Å². The van der Waals surface area contributed by atoms with E-state index in [1.165, 1.54) is 0 Å². The van der Waals surface area contributed by atoms with Crippen LogP contribution in [-0.2, 0) is 11.2 Å². The Bertz CT molecular complexity index is 662. The zero-order chi connectivity index (χ0) is 15.9. The first-order valence-corrected chi connectivity index (χ1v) is 7.77. The Morgan fingerprint density at radius 3 is 2.55 bits per heavy atom. The molecular weight excluding hydrogens is 345 g/mol. The predicted octanol–water partition coefficient (Wildman–Crippen LogP) is 4.38. The predicted molar refractivity (Wildman–Crippen MR) is 90.1 cm³/mol. The smallest absolute Gasteiger partial charge is 0.257 e. The molecule has 0 aliphatic heterocycles. The fourth-order valence-electron chi connectivity index (χ4n) is 1.83. The fourth-order valence-corrected chi connectivity index (χ4v) is 2.50. The molecule has 0 aliphatic carbocycles.